The van der Waals surface area contributed by atoms with Crippen molar-refractivity contribution in [1.29, 1.82) is 0 Å². The Balaban J connectivity index is 1.17. The SMILES string of the molecule is C\C=C/C=C\C(\C=C/C)=C\[C@H](C)c1c(N(C)c2nc(C(/C=C\C)=C/CC)cc(-c3ccccc3)n2)ccc2sc([C@]34C=C(C(C)CC3)C(c3ccccc3)(c3ccccc3)c3ccccc34)c(/C=C\C=C\Nc3ccc(-c4ccccc4)cc3)c12. The summed E-state index contributed by atoms with van der Waals surface area (Å²) < 4.78 is 1.24. The molecule has 4 nitrogen and oxygen atoms in total. The molecule has 5 heteroatoms. The Labute approximate surface area is 508 Å². The fourth-order valence-corrected chi connectivity index (χ4v) is 14.5. The van der Waals surface area contributed by atoms with Crippen LogP contribution in [-0.2, 0) is 10.8 Å². The Kier molecular flexibility index (Phi) is 17.8. The first-order chi connectivity index (χ1) is 41.7. The lowest BCUT2D eigenvalue weighted by Crippen LogP contribution is -2.46. The predicted octanol–water partition coefficient (Wildman–Crippen LogP) is 21.5. The maximum absolute atomic E-state index is 5.46. The molecular formula is C80H76N4S. The first-order valence-electron chi connectivity index (χ1n) is 30.2. The van der Waals surface area contributed by atoms with Gasteiger partial charge >= 0.3 is 0 Å². The van der Waals surface area contributed by atoms with E-state index in [0.29, 0.717) is 11.9 Å². The molecule has 7 aromatic carbocycles. The van der Waals surface area contributed by atoms with Crippen molar-refractivity contribution >= 4 is 50.4 Å². The Hall–Kier alpha value is -9.16. The Morgan fingerprint density at radius 2 is 1.31 bits per heavy atom. The standard InChI is InChI=1S/C80H76N4S/c1-8-12-17-33-59(30-9-2)54-58(6)75-73(84(7)78-82-71(62(31-10-3)32-11-4)55-72(83-78)63-36-20-14-21-37-63)49-50-74-76(75)67(42-28-29-53-81-66-47-45-61(46-48-66)60-34-18-13-19-35-60)77(85-74)79-52-51-57(5)70(56-79)80(64-38-22-15-23-39-64,65-40-24-16-25-41-65)69-44-27-26-43-68(69)79/h8-10,12-50,53-58,81H,11,51-52H2,1-7H3/b12-8-,30-9-,31-10-,33-17-,42-28-,53-29+,59-54+,62-32+/t57?,58-,79-/m0/s1. The number of nitrogens with one attached hydrogen (secondary N) is 1. The summed E-state index contributed by atoms with van der Waals surface area (Å²) in [4.78, 5) is 14.5. The van der Waals surface area contributed by atoms with Crippen LogP contribution < -0.4 is 10.2 Å². The largest absolute Gasteiger partial charge is 0.362 e. The van der Waals surface area contributed by atoms with Gasteiger partial charge in [-0.1, -0.05) is 263 Å². The summed E-state index contributed by atoms with van der Waals surface area (Å²) in [6.07, 6.45) is 36.3. The molecule has 0 amide bonds. The van der Waals surface area contributed by atoms with Crippen molar-refractivity contribution in [2.75, 3.05) is 17.3 Å². The highest BCUT2D eigenvalue weighted by Crippen LogP contribution is 2.63. The number of hydrogen-bond acceptors (Lipinski definition) is 5. The zero-order valence-corrected chi connectivity index (χ0v) is 50.9. The lowest BCUT2D eigenvalue weighted by Gasteiger charge is -2.53. The van der Waals surface area contributed by atoms with Crippen LogP contribution in [0.5, 0.6) is 0 Å². The van der Waals surface area contributed by atoms with Gasteiger partial charge in [0.15, 0.2) is 0 Å². The van der Waals surface area contributed by atoms with Crippen molar-refractivity contribution in [2.24, 2.45) is 5.92 Å². The van der Waals surface area contributed by atoms with Crippen molar-refractivity contribution in [3.8, 4) is 22.4 Å². The lowest BCUT2D eigenvalue weighted by atomic mass is 9.50. The van der Waals surface area contributed by atoms with Gasteiger partial charge in [0, 0.05) is 56.5 Å². The quantitative estimate of drug-likeness (QED) is 0.0647. The van der Waals surface area contributed by atoms with Crippen LogP contribution in [0.3, 0.4) is 0 Å². The molecule has 0 spiro atoms. The molecule has 2 aliphatic rings. The van der Waals surface area contributed by atoms with Crippen LogP contribution in [0.2, 0.25) is 0 Å². The first-order valence-corrected chi connectivity index (χ1v) is 31.0. The van der Waals surface area contributed by atoms with Crippen LogP contribution in [0.4, 0.5) is 17.3 Å². The van der Waals surface area contributed by atoms with Crippen molar-refractivity contribution in [3.05, 3.63) is 328 Å². The van der Waals surface area contributed by atoms with Gasteiger partial charge in [0.25, 0.3) is 0 Å². The van der Waals surface area contributed by atoms with E-state index >= 15 is 0 Å². The minimum atomic E-state index is -0.487. The van der Waals surface area contributed by atoms with Crippen LogP contribution in [-0.4, -0.2) is 17.0 Å². The van der Waals surface area contributed by atoms with E-state index in [0.717, 1.165) is 58.7 Å². The number of anilines is 3. The third kappa shape index (κ3) is 11.5. The van der Waals surface area contributed by atoms with E-state index in [2.05, 4.69) is 338 Å². The Morgan fingerprint density at radius 1 is 0.671 bits per heavy atom. The number of thiophene rings is 1. The average Bonchev–Trinajstić information content (AvgIpc) is 1.63. The highest BCUT2D eigenvalue weighted by Gasteiger charge is 2.54. The summed E-state index contributed by atoms with van der Waals surface area (Å²) in [7, 11) is 2.15. The molecule has 85 heavy (non-hydrogen) atoms. The van der Waals surface area contributed by atoms with Gasteiger partial charge in [-0.15, -0.1) is 11.3 Å². The Bertz CT molecular complexity index is 4040. The molecule has 0 saturated heterocycles. The number of fused-ring (bicyclic) bond motifs is 4. The van der Waals surface area contributed by atoms with Gasteiger partial charge in [-0.3, -0.25) is 0 Å². The topological polar surface area (TPSA) is 41.1 Å². The van der Waals surface area contributed by atoms with E-state index in [-0.39, 0.29) is 5.92 Å². The molecule has 2 aromatic heterocycles. The molecule has 1 unspecified atom stereocenters. The molecule has 0 saturated carbocycles. The van der Waals surface area contributed by atoms with Gasteiger partial charge in [-0.05, 0) is 138 Å². The van der Waals surface area contributed by atoms with E-state index in [9.17, 15) is 0 Å². The summed E-state index contributed by atoms with van der Waals surface area (Å²) in [6, 6.07) is 68.5. The van der Waals surface area contributed by atoms with Crippen molar-refractivity contribution in [2.45, 2.75) is 77.6 Å². The lowest BCUT2D eigenvalue weighted by molar-refractivity contribution is 0.392. The van der Waals surface area contributed by atoms with E-state index in [1.165, 1.54) is 65.0 Å². The molecule has 2 bridgehead atoms. The van der Waals surface area contributed by atoms with E-state index in [4.69, 9.17) is 9.97 Å². The molecule has 11 rings (SSSR count). The molecule has 0 radical (unpaired) electrons. The van der Waals surface area contributed by atoms with Gasteiger partial charge in [-0.2, -0.15) is 0 Å². The van der Waals surface area contributed by atoms with Crippen LogP contribution in [0.15, 0.2) is 284 Å². The highest BCUT2D eigenvalue weighted by atomic mass is 32.1. The average molecular weight is 1130 g/mol. The maximum Gasteiger partial charge on any atom is 0.230 e. The second kappa shape index (κ2) is 26.2. The number of benzene rings is 7. The van der Waals surface area contributed by atoms with Gasteiger partial charge in [0.05, 0.1) is 16.8 Å². The summed E-state index contributed by atoms with van der Waals surface area (Å²) >= 11 is 1.96. The second-order valence-corrected chi connectivity index (χ2v) is 23.4. The van der Waals surface area contributed by atoms with Crippen LogP contribution in [0.1, 0.15) is 111 Å². The normalized spacial score (nSPS) is 17.4. The molecular weight excluding hydrogens is 1050 g/mol. The van der Waals surface area contributed by atoms with Crippen LogP contribution in [0, 0.1) is 5.92 Å². The van der Waals surface area contributed by atoms with E-state index in [1.807, 2.05) is 11.3 Å². The van der Waals surface area contributed by atoms with Crippen molar-refractivity contribution in [3.63, 3.8) is 0 Å². The van der Waals surface area contributed by atoms with Gasteiger partial charge in [-0.25, -0.2) is 9.97 Å². The minimum absolute atomic E-state index is 0.0685. The van der Waals surface area contributed by atoms with Crippen molar-refractivity contribution < 1.29 is 0 Å². The third-order valence-corrected chi connectivity index (χ3v) is 18.3. The number of aromatic nitrogens is 2. The van der Waals surface area contributed by atoms with E-state index in [1.54, 1.807) is 0 Å². The predicted molar refractivity (Wildman–Crippen MR) is 366 cm³/mol. The fourth-order valence-electron chi connectivity index (χ4n) is 13.1. The Morgan fingerprint density at radius 3 is 1.96 bits per heavy atom. The summed E-state index contributed by atoms with van der Waals surface area (Å²) in [6.45, 7) is 13.2. The molecule has 0 fully saturated rings. The van der Waals surface area contributed by atoms with Crippen molar-refractivity contribution in [1.82, 2.24) is 9.97 Å². The fraction of sp³-hybridized carbons (Fsp3) is 0.175. The summed E-state index contributed by atoms with van der Waals surface area (Å²) in [5.74, 6) is 0.886. The minimum Gasteiger partial charge on any atom is -0.362 e. The highest BCUT2D eigenvalue weighted by molar-refractivity contribution is 7.19. The van der Waals surface area contributed by atoms with Gasteiger partial charge < -0.3 is 10.2 Å². The molecule has 422 valence electrons. The molecule has 2 aliphatic carbocycles. The molecule has 2 heterocycles. The summed E-state index contributed by atoms with van der Waals surface area (Å²) in [5.41, 5.74) is 17.8. The van der Waals surface area contributed by atoms with E-state index < -0.39 is 10.8 Å². The number of hydrogen-bond donors (Lipinski definition) is 1. The first kappa shape index (κ1) is 57.6. The number of rotatable bonds is 19. The summed E-state index contributed by atoms with van der Waals surface area (Å²) in [5, 5.41) is 4.83. The van der Waals surface area contributed by atoms with Crippen LogP contribution in [0.25, 0.3) is 44.1 Å². The second-order valence-electron chi connectivity index (χ2n) is 22.3. The molecule has 9 aromatic rings. The number of nitrogens with zero attached hydrogens (tertiary/aromatic N) is 3. The zero-order valence-electron chi connectivity index (χ0n) is 50.1. The van der Waals surface area contributed by atoms with Gasteiger partial charge in [0.2, 0.25) is 5.95 Å². The molecule has 3 atom stereocenters. The smallest absolute Gasteiger partial charge is 0.230 e. The zero-order chi connectivity index (χ0) is 58.8. The molecule has 1 N–H and O–H groups in total. The number of allylic oxidation sites excluding steroid dienone is 16. The van der Waals surface area contributed by atoms with Crippen LogP contribution >= 0.6 is 11.3 Å². The maximum atomic E-state index is 5.46. The monoisotopic (exact) mass is 1120 g/mol. The third-order valence-electron chi connectivity index (χ3n) is 17.0. The van der Waals surface area contributed by atoms with Gasteiger partial charge in [0.1, 0.15) is 0 Å². The molecule has 0 aliphatic heterocycles.